The van der Waals surface area contributed by atoms with Gasteiger partial charge in [0.05, 0.1) is 11.9 Å². The maximum absolute atomic E-state index is 13.7. The molecule has 0 fully saturated rings. The molecule has 7 nitrogen and oxygen atoms in total. The number of sulfonamides is 1. The van der Waals surface area contributed by atoms with Crippen molar-refractivity contribution in [2.75, 3.05) is 23.7 Å². The van der Waals surface area contributed by atoms with E-state index in [2.05, 4.69) is 5.32 Å². The Hall–Kier alpha value is -2.58. The Kier molecular flexibility index (Phi) is 10.4. The second kappa shape index (κ2) is 12.8. The van der Waals surface area contributed by atoms with E-state index in [1.54, 1.807) is 30.3 Å². The SMILES string of the molecule is CCCNC(=O)[C@@H](CC)N(Cc1ccccc1Cl)C(=O)CN(c1ccccc1CC)S(C)(=O)=O. The average molecular weight is 508 g/mol. The van der Waals surface area contributed by atoms with Gasteiger partial charge in [-0.25, -0.2) is 8.42 Å². The number of nitrogens with zero attached hydrogens (tertiary/aromatic N) is 2. The number of para-hydroxylation sites is 1. The third-order valence-corrected chi connectivity index (χ3v) is 7.05. The summed E-state index contributed by atoms with van der Waals surface area (Å²) in [5, 5.41) is 3.33. The first-order valence-corrected chi connectivity index (χ1v) is 13.7. The molecule has 2 rings (SSSR count). The molecule has 34 heavy (non-hydrogen) atoms. The van der Waals surface area contributed by atoms with Crippen LogP contribution in [-0.2, 0) is 32.6 Å². The minimum absolute atomic E-state index is 0.0869. The third-order valence-electron chi connectivity index (χ3n) is 5.55. The molecule has 0 aliphatic carbocycles. The normalized spacial score (nSPS) is 12.1. The summed E-state index contributed by atoms with van der Waals surface area (Å²) in [6, 6.07) is 13.4. The Morgan fingerprint density at radius 1 is 1.00 bits per heavy atom. The van der Waals surface area contributed by atoms with Crippen LogP contribution in [0.15, 0.2) is 48.5 Å². The van der Waals surface area contributed by atoms with E-state index in [9.17, 15) is 18.0 Å². The van der Waals surface area contributed by atoms with Gasteiger partial charge in [-0.3, -0.25) is 13.9 Å². The molecule has 0 aliphatic rings. The van der Waals surface area contributed by atoms with E-state index in [0.717, 1.165) is 22.5 Å². The molecule has 0 aliphatic heterocycles. The first kappa shape index (κ1) is 27.7. The highest BCUT2D eigenvalue weighted by Crippen LogP contribution is 2.25. The topological polar surface area (TPSA) is 86.8 Å². The van der Waals surface area contributed by atoms with Crippen LogP contribution in [0.5, 0.6) is 0 Å². The van der Waals surface area contributed by atoms with Crippen molar-refractivity contribution in [3.63, 3.8) is 0 Å². The lowest BCUT2D eigenvalue weighted by Gasteiger charge is -2.33. The zero-order valence-electron chi connectivity index (χ0n) is 20.3. The minimum atomic E-state index is -3.77. The van der Waals surface area contributed by atoms with Crippen LogP contribution < -0.4 is 9.62 Å². The van der Waals surface area contributed by atoms with Crippen LogP contribution >= 0.6 is 11.6 Å². The number of carbonyl (C=O) groups excluding carboxylic acids is 2. The number of aryl methyl sites for hydroxylation is 1. The van der Waals surface area contributed by atoms with E-state index in [1.807, 2.05) is 39.0 Å². The molecule has 186 valence electrons. The molecule has 9 heteroatoms. The van der Waals surface area contributed by atoms with E-state index >= 15 is 0 Å². The fourth-order valence-corrected chi connectivity index (χ4v) is 4.82. The summed E-state index contributed by atoms with van der Waals surface area (Å²) in [6.07, 6.45) is 2.82. The number of amides is 2. The molecule has 1 N–H and O–H groups in total. The van der Waals surface area contributed by atoms with Gasteiger partial charge in [-0.15, -0.1) is 0 Å². The van der Waals surface area contributed by atoms with Crippen LogP contribution in [0.1, 0.15) is 44.7 Å². The number of halogens is 1. The highest BCUT2D eigenvalue weighted by atomic mass is 35.5. The van der Waals surface area contributed by atoms with E-state index in [0.29, 0.717) is 35.7 Å². The maximum atomic E-state index is 13.7. The third kappa shape index (κ3) is 7.21. The summed E-state index contributed by atoms with van der Waals surface area (Å²) in [5.41, 5.74) is 1.95. The van der Waals surface area contributed by atoms with Crippen molar-refractivity contribution < 1.29 is 18.0 Å². The van der Waals surface area contributed by atoms with Gasteiger partial charge in [-0.2, -0.15) is 0 Å². The van der Waals surface area contributed by atoms with Crippen LogP contribution in [0, 0.1) is 0 Å². The Morgan fingerprint density at radius 3 is 2.18 bits per heavy atom. The summed E-state index contributed by atoms with van der Waals surface area (Å²) >= 11 is 6.35. The molecule has 2 aromatic carbocycles. The van der Waals surface area contributed by atoms with Gasteiger partial charge >= 0.3 is 0 Å². The molecule has 0 unspecified atom stereocenters. The summed E-state index contributed by atoms with van der Waals surface area (Å²) in [7, 11) is -3.77. The van der Waals surface area contributed by atoms with Crippen LogP contribution in [0.2, 0.25) is 5.02 Å². The van der Waals surface area contributed by atoms with Crippen LogP contribution in [0.3, 0.4) is 0 Å². The smallest absolute Gasteiger partial charge is 0.244 e. The van der Waals surface area contributed by atoms with Gasteiger partial charge in [0.15, 0.2) is 0 Å². The zero-order valence-corrected chi connectivity index (χ0v) is 21.8. The highest BCUT2D eigenvalue weighted by molar-refractivity contribution is 7.92. The van der Waals surface area contributed by atoms with Gasteiger partial charge in [0, 0.05) is 18.1 Å². The van der Waals surface area contributed by atoms with Crippen molar-refractivity contribution in [3.05, 3.63) is 64.7 Å². The summed E-state index contributed by atoms with van der Waals surface area (Å²) < 4.78 is 26.6. The summed E-state index contributed by atoms with van der Waals surface area (Å²) in [5.74, 6) is -0.751. The Morgan fingerprint density at radius 2 is 1.62 bits per heavy atom. The zero-order chi connectivity index (χ0) is 25.3. The second-order valence-corrected chi connectivity index (χ2v) is 10.4. The number of carbonyl (C=O) groups is 2. The number of hydrogen-bond donors (Lipinski definition) is 1. The predicted molar refractivity (Wildman–Crippen MR) is 137 cm³/mol. The van der Waals surface area contributed by atoms with Gasteiger partial charge in [-0.05, 0) is 42.5 Å². The Bertz CT molecular complexity index is 1090. The molecule has 0 aromatic heterocycles. The number of nitrogens with one attached hydrogen (secondary N) is 1. The molecule has 0 heterocycles. The van der Waals surface area contributed by atoms with Crippen molar-refractivity contribution in [1.29, 1.82) is 0 Å². The van der Waals surface area contributed by atoms with E-state index in [-0.39, 0.29) is 12.5 Å². The second-order valence-electron chi connectivity index (χ2n) is 8.08. The van der Waals surface area contributed by atoms with Crippen molar-refractivity contribution in [1.82, 2.24) is 10.2 Å². The molecule has 0 spiro atoms. The van der Waals surface area contributed by atoms with Crippen molar-refractivity contribution in [2.45, 2.75) is 52.6 Å². The quantitative estimate of drug-likeness (QED) is 0.470. The van der Waals surface area contributed by atoms with Crippen molar-refractivity contribution >= 4 is 39.1 Å². The predicted octanol–water partition coefficient (Wildman–Crippen LogP) is 4.00. The molecule has 0 bridgehead atoms. The lowest BCUT2D eigenvalue weighted by molar-refractivity contribution is -0.140. The van der Waals surface area contributed by atoms with Crippen LogP contribution in [0.4, 0.5) is 5.69 Å². The maximum Gasteiger partial charge on any atom is 0.244 e. The first-order chi connectivity index (χ1) is 16.1. The van der Waals surface area contributed by atoms with Gasteiger partial charge in [0.1, 0.15) is 12.6 Å². The van der Waals surface area contributed by atoms with Gasteiger partial charge in [0.25, 0.3) is 0 Å². The van der Waals surface area contributed by atoms with Gasteiger partial charge in [0.2, 0.25) is 21.8 Å². The highest BCUT2D eigenvalue weighted by Gasteiger charge is 2.32. The number of anilines is 1. The molecule has 1 atom stereocenters. The molecule has 0 saturated carbocycles. The van der Waals surface area contributed by atoms with E-state index < -0.39 is 28.5 Å². The largest absolute Gasteiger partial charge is 0.354 e. The number of hydrogen-bond acceptors (Lipinski definition) is 4. The Balaban J connectivity index is 2.47. The van der Waals surface area contributed by atoms with Gasteiger partial charge in [-0.1, -0.05) is 68.8 Å². The minimum Gasteiger partial charge on any atom is -0.354 e. The van der Waals surface area contributed by atoms with Crippen LogP contribution in [-0.4, -0.2) is 50.5 Å². The molecule has 2 aromatic rings. The van der Waals surface area contributed by atoms with Gasteiger partial charge < -0.3 is 10.2 Å². The van der Waals surface area contributed by atoms with Crippen molar-refractivity contribution in [2.24, 2.45) is 0 Å². The molecule has 0 radical (unpaired) electrons. The molecular formula is C25H34ClN3O4S. The lowest BCUT2D eigenvalue weighted by Crippen LogP contribution is -2.52. The average Bonchev–Trinajstić information content (AvgIpc) is 2.81. The van der Waals surface area contributed by atoms with E-state index in [4.69, 9.17) is 11.6 Å². The fraction of sp³-hybridized carbons (Fsp3) is 0.440. The fourth-order valence-electron chi connectivity index (χ4n) is 3.74. The summed E-state index contributed by atoms with van der Waals surface area (Å²) in [6.45, 7) is 5.85. The molecular weight excluding hydrogens is 474 g/mol. The molecule has 0 saturated heterocycles. The monoisotopic (exact) mass is 507 g/mol. The first-order valence-electron chi connectivity index (χ1n) is 11.5. The standard InChI is InChI=1S/C25H34ClN3O4S/c1-5-16-27-25(31)22(7-3)28(17-20-13-8-10-14-21(20)26)24(30)18-29(34(4,32)33)23-15-11-9-12-19(23)6-2/h8-15,22H,5-7,16-18H2,1-4H3,(H,27,31)/t22-/m1/s1. The van der Waals surface area contributed by atoms with Crippen LogP contribution in [0.25, 0.3) is 0 Å². The van der Waals surface area contributed by atoms with E-state index in [1.165, 1.54) is 4.90 Å². The number of benzene rings is 2. The van der Waals surface area contributed by atoms with Crippen molar-refractivity contribution in [3.8, 4) is 0 Å². The Labute approximate surface area is 208 Å². The number of rotatable bonds is 12. The summed E-state index contributed by atoms with van der Waals surface area (Å²) in [4.78, 5) is 28.0. The lowest BCUT2D eigenvalue weighted by atomic mass is 10.1. The molecule has 2 amide bonds.